The summed E-state index contributed by atoms with van der Waals surface area (Å²) in [4.78, 5) is 24.6. The minimum atomic E-state index is -0.660. The van der Waals surface area contributed by atoms with Crippen molar-refractivity contribution in [2.45, 2.75) is 418 Å². The van der Waals surface area contributed by atoms with Crippen LogP contribution in [0.3, 0.4) is 0 Å². The Hall–Kier alpha value is -1.66. The molecule has 2 unspecified atom stereocenters. The molecule has 0 heterocycles. The molecular weight excluding hydrogens is 971 g/mol. The predicted octanol–water partition coefficient (Wildman–Crippen LogP) is 23.3. The molecule has 0 bridgehead atoms. The van der Waals surface area contributed by atoms with E-state index in [1.165, 1.54) is 327 Å². The molecule has 0 saturated carbocycles. The smallest absolute Gasteiger partial charge is 0.305 e. The number of hydrogen-bond donors (Lipinski definition) is 3. The second-order valence-corrected chi connectivity index (χ2v) is 24.9. The van der Waals surface area contributed by atoms with Crippen molar-refractivity contribution in [3.8, 4) is 0 Å². The van der Waals surface area contributed by atoms with Crippen LogP contribution in [0.25, 0.3) is 0 Å². The maximum absolute atomic E-state index is 12.5. The molecule has 2 atom stereocenters. The van der Waals surface area contributed by atoms with E-state index >= 15 is 0 Å². The Morgan fingerprint density at radius 3 is 0.899 bits per heavy atom. The Kier molecular flexibility index (Phi) is 67.4. The minimum Gasteiger partial charge on any atom is -0.466 e. The van der Waals surface area contributed by atoms with E-state index in [2.05, 4.69) is 43.5 Å². The van der Waals surface area contributed by atoms with E-state index in [-0.39, 0.29) is 18.5 Å². The van der Waals surface area contributed by atoms with Crippen LogP contribution in [-0.2, 0) is 14.3 Å². The van der Waals surface area contributed by atoms with Crippen LogP contribution in [0.2, 0.25) is 0 Å². The second kappa shape index (κ2) is 68.8. The second-order valence-electron chi connectivity index (χ2n) is 24.9. The third-order valence-corrected chi connectivity index (χ3v) is 17.0. The van der Waals surface area contributed by atoms with E-state index in [0.717, 1.165) is 44.9 Å². The summed E-state index contributed by atoms with van der Waals surface area (Å²) in [6.45, 7) is 4.97. The van der Waals surface area contributed by atoms with Gasteiger partial charge in [0.1, 0.15) is 0 Å². The lowest BCUT2D eigenvalue weighted by Gasteiger charge is -2.22. The summed E-state index contributed by atoms with van der Waals surface area (Å²) >= 11 is 0. The molecule has 0 aromatic heterocycles. The largest absolute Gasteiger partial charge is 0.466 e. The molecule has 0 radical (unpaired) electrons. The number of aliphatic hydroxyl groups is 2. The highest BCUT2D eigenvalue weighted by atomic mass is 16.5. The van der Waals surface area contributed by atoms with Crippen molar-refractivity contribution < 1.29 is 24.5 Å². The molecule has 6 heteroatoms. The van der Waals surface area contributed by atoms with Crippen LogP contribution in [0.1, 0.15) is 406 Å². The van der Waals surface area contributed by atoms with E-state index in [9.17, 15) is 19.8 Å². The van der Waals surface area contributed by atoms with Gasteiger partial charge in [-0.3, -0.25) is 9.59 Å². The fourth-order valence-corrected chi connectivity index (χ4v) is 11.5. The first-order chi connectivity index (χ1) is 39.0. The zero-order valence-electron chi connectivity index (χ0n) is 53.6. The van der Waals surface area contributed by atoms with E-state index in [4.69, 9.17) is 4.74 Å². The van der Waals surface area contributed by atoms with Crippen LogP contribution < -0.4 is 5.32 Å². The van der Waals surface area contributed by atoms with E-state index in [1.807, 2.05) is 0 Å². The Morgan fingerprint density at radius 1 is 0.342 bits per heavy atom. The standard InChI is InChI=1S/C73H141NO5/c1-3-5-7-9-11-13-15-17-18-36-40-43-47-51-55-59-63-67-73(78)79-68-64-60-56-52-48-44-41-38-35-33-31-29-27-25-23-21-19-20-22-24-26-28-30-32-34-37-39-42-46-50-54-58-62-66-72(77)74-70(69-75)71(76)65-61-57-53-49-45-16-14-12-10-8-6-4-2/h17-18,23,25,70-71,75-76H,3-16,19-22,24,26-69H2,1-2H3,(H,74,77)/b18-17-,25-23-. The van der Waals surface area contributed by atoms with Gasteiger partial charge in [0.15, 0.2) is 0 Å². The van der Waals surface area contributed by atoms with E-state index < -0.39 is 12.1 Å². The van der Waals surface area contributed by atoms with Gasteiger partial charge in [0.05, 0.1) is 25.4 Å². The van der Waals surface area contributed by atoms with Crippen LogP contribution in [0.15, 0.2) is 24.3 Å². The molecule has 0 aromatic carbocycles. The average Bonchev–Trinajstić information content (AvgIpc) is 3.45. The number of nitrogens with one attached hydrogen (secondary N) is 1. The number of hydrogen-bond acceptors (Lipinski definition) is 5. The first-order valence-electron chi connectivity index (χ1n) is 36.1. The molecular formula is C73H141NO5. The fourth-order valence-electron chi connectivity index (χ4n) is 11.5. The molecule has 3 N–H and O–H groups in total. The molecule has 0 rings (SSSR count). The predicted molar refractivity (Wildman–Crippen MR) is 347 cm³/mol. The fraction of sp³-hybridized carbons (Fsp3) is 0.918. The monoisotopic (exact) mass is 1110 g/mol. The van der Waals surface area contributed by atoms with Gasteiger partial charge in [-0.1, -0.05) is 340 Å². The third kappa shape index (κ3) is 65.4. The Bertz CT molecular complexity index is 1230. The van der Waals surface area contributed by atoms with Gasteiger partial charge in [0, 0.05) is 12.8 Å². The molecule has 79 heavy (non-hydrogen) atoms. The topological polar surface area (TPSA) is 95.9 Å². The Balaban J connectivity index is 3.32. The summed E-state index contributed by atoms with van der Waals surface area (Å²) in [6.07, 6.45) is 86.7. The van der Waals surface area contributed by atoms with Crippen molar-refractivity contribution in [3.05, 3.63) is 24.3 Å². The zero-order chi connectivity index (χ0) is 57.1. The van der Waals surface area contributed by atoms with Crippen LogP contribution in [0.4, 0.5) is 0 Å². The summed E-state index contributed by atoms with van der Waals surface area (Å²) < 4.78 is 5.50. The molecule has 0 saturated heterocycles. The van der Waals surface area contributed by atoms with Crippen molar-refractivity contribution in [3.63, 3.8) is 0 Å². The number of esters is 1. The molecule has 0 spiro atoms. The van der Waals surface area contributed by atoms with Gasteiger partial charge in [-0.15, -0.1) is 0 Å². The van der Waals surface area contributed by atoms with Crippen LogP contribution in [0, 0.1) is 0 Å². The number of ether oxygens (including phenoxy) is 1. The summed E-state index contributed by atoms with van der Waals surface area (Å²) in [5.74, 6) is -0.0143. The quantitative estimate of drug-likeness (QED) is 0.0320. The Labute approximate surface area is 494 Å². The van der Waals surface area contributed by atoms with Crippen molar-refractivity contribution in [1.82, 2.24) is 5.32 Å². The minimum absolute atomic E-state index is 0.0160. The lowest BCUT2D eigenvalue weighted by molar-refractivity contribution is -0.143. The van der Waals surface area contributed by atoms with Crippen molar-refractivity contribution >= 4 is 11.9 Å². The number of allylic oxidation sites excluding steroid dienone is 4. The molecule has 0 fully saturated rings. The van der Waals surface area contributed by atoms with Gasteiger partial charge in [0.25, 0.3) is 0 Å². The van der Waals surface area contributed by atoms with Crippen molar-refractivity contribution in [2.75, 3.05) is 13.2 Å². The lowest BCUT2D eigenvalue weighted by atomic mass is 10.0. The normalized spacial score (nSPS) is 12.6. The summed E-state index contributed by atoms with van der Waals surface area (Å²) in [5.41, 5.74) is 0. The van der Waals surface area contributed by atoms with Gasteiger partial charge < -0.3 is 20.3 Å². The molecule has 0 aliphatic rings. The van der Waals surface area contributed by atoms with Crippen molar-refractivity contribution in [2.24, 2.45) is 0 Å². The van der Waals surface area contributed by atoms with Gasteiger partial charge in [-0.2, -0.15) is 0 Å². The molecule has 0 aliphatic heterocycles. The highest BCUT2D eigenvalue weighted by molar-refractivity contribution is 5.76. The number of carbonyl (C=O) groups excluding carboxylic acids is 2. The average molecular weight is 1110 g/mol. The SMILES string of the molecule is CCCCCCCC/C=C\CCCCCCCCCC(=O)OCCCCCCCCCCCCCC/C=C\CCCCCCCCCCCCCCCCCCCC(=O)NC(CO)C(O)CCCCCCCCCCCCCC. The first kappa shape index (κ1) is 77.3. The first-order valence-corrected chi connectivity index (χ1v) is 36.1. The number of rotatable bonds is 68. The summed E-state index contributed by atoms with van der Waals surface area (Å²) in [7, 11) is 0. The zero-order valence-corrected chi connectivity index (χ0v) is 53.6. The highest BCUT2D eigenvalue weighted by Gasteiger charge is 2.20. The van der Waals surface area contributed by atoms with Crippen LogP contribution in [-0.4, -0.2) is 47.4 Å². The van der Waals surface area contributed by atoms with Crippen LogP contribution in [0.5, 0.6) is 0 Å². The number of aliphatic hydroxyl groups excluding tert-OH is 2. The molecule has 6 nitrogen and oxygen atoms in total. The molecule has 1 amide bonds. The van der Waals surface area contributed by atoms with Gasteiger partial charge in [0.2, 0.25) is 5.91 Å². The summed E-state index contributed by atoms with van der Waals surface area (Å²) in [5, 5.41) is 23.3. The number of unbranched alkanes of at least 4 members (excludes halogenated alkanes) is 53. The van der Waals surface area contributed by atoms with Gasteiger partial charge in [-0.05, 0) is 77.0 Å². The van der Waals surface area contributed by atoms with Crippen molar-refractivity contribution in [1.29, 1.82) is 0 Å². The molecule has 0 aromatic rings. The lowest BCUT2D eigenvalue weighted by Crippen LogP contribution is -2.45. The summed E-state index contributed by atoms with van der Waals surface area (Å²) in [6, 6.07) is -0.538. The maximum Gasteiger partial charge on any atom is 0.305 e. The van der Waals surface area contributed by atoms with Gasteiger partial charge >= 0.3 is 5.97 Å². The third-order valence-electron chi connectivity index (χ3n) is 17.0. The van der Waals surface area contributed by atoms with Gasteiger partial charge in [-0.25, -0.2) is 0 Å². The van der Waals surface area contributed by atoms with Crippen LogP contribution >= 0.6 is 0 Å². The molecule has 0 aliphatic carbocycles. The molecule has 468 valence electrons. The Morgan fingerprint density at radius 2 is 0.595 bits per heavy atom. The number of amides is 1. The maximum atomic E-state index is 12.5. The highest BCUT2D eigenvalue weighted by Crippen LogP contribution is 2.19. The van der Waals surface area contributed by atoms with E-state index in [1.54, 1.807) is 0 Å². The number of carbonyl (C=O) groups is 2. The van der Waals surface area contributed by atoms with E-state index in [0.29, 0.717) is 25.9 Å².